The monoisotopic (exact) mass is 407 g/mol. The third-order valence-electron chi connectivity index (χ3n) is 5.71. The topological polar surface area (TPSA) is 75.6 Å². The molecule has 0 radical (unpaired) electrons. The lowest BCUT2D eigenvalue weighted by Crippen LogP contribution is -2.46. The second-order valence-electron chi connectivity index (χ2n) is 7.85. The Labute approximate surface area is 175 Å². The standard InChI is InChI=1S/C23H25N3O4/c1-26-22(25-29-18-10-6-3-7-11-18)24-23(30-26)15-21(16-8-4-2-5-9-16)28-20-13-12-17(27)14-19(20)23/h2-8,10-11,13-14,16-17,21,27H,9,12,15H2,1H3,(H,24,25). The Morgan fingerprint density at radius 2 is 2.10 bits per heavy atom. The van der Waals surface area contributed by atoms with E-state index >= 15 is 0 Å². The number of guanidine groups is 1. The van der Waals surface area contributed by atoms with Crippen molar-refractivity contribution in [3.8, 4) is 5.75 Å². The number of aliphatic imine (C=N–C) groups is 1. The summed E-state index contributed by atoms with van der Waals surface area (Å²) < 4.78 is 6.34. The number of hydroxylamine groups is 3. The molecule has 7 nitrogen and oxygen atoms in total. The quantitative estimate of drug-likeness (QED) is 0.751. The van der Waals surface area contributed by atoms with Crippen LogP contribution in [-0.4, -0.2) is 41.1 Å². The van der Waals surface area contributed by atoms with Gasteiger partial charge in [-0.25, -0.2) is 14.9 Å². The SMILES string of the molecule is CN1OC2(CC(C3C=CC=CC3)OC3=CCC(O)C=C32)N=C1NOc1ccccc1. The Balaban J connectivity index is 1.44. The Morgan fingerprint density at radius 1 is 1.23 bits per heavy atom. The molecule has 4 unspecified atom stereocenters. The zero-order valence-corrected chi connectivity index (χ0v) is 16.8. The Hall–Kier alpha value is -3.03. The fraction of sp³-hybridized carbons (Fsp3) is 0.348. The van der Waals surface area contributed by atoms with Crippen LogP contribution in [0.4, 0.5) is 0 Å². The van der Waals surface area contributed by atoms with Crippen LogP contribution in [0.1, 0.15) is 19.3 Å². The number of benzene rings is 1. The number of nitrogens with zero attached hydrogens (tertiary/aromatic N) is 2. The Bertz CT molecular complexity index is 952. The van der Waals surface area contributed by atoms with Gasteiger partial charge < -0.3 is 14.7 Å². The van der Waals surface area contributed by atoms with E-state index in [1.807, 2.05) is 36.4 Å². The summed E-state index contributed by atoms with van der Waals surface area (Å²) in [6.45, 7) is 0. The molecule has 156 valence electrons. The molecule has 30 heavy (non-hydrogen) atoms. The molecule has 0 saturated carbocycles. The molecule has 2 aliphatic carbocycles. The first-order valence-electron chi connectivity index (χ1n) is 10.2. The summed E-state index contributed by atoms with van der Waals surface area (Å²) in [6.07, 6.45) is 13.4. The first kappa shape index (κ1) is 19.0. The van der Waals surface area contributed by atoms with E-state index in [1.165, 1.54) is 0 Å². The van der Waals surface area contributed by atoms with Crippen molar-refractivity contribution >= 4 is 5.96 Å². The average Bonchev–Trinajstić information content (AvgIpc) is 3.09. The van der Waals surface area contributed by atoms with Crippen LogP contribution in [0.15, 0.2) is 83.1 Å². The largest absolute Gasteiger partial charge is 0.489 e. The number of fused-ring (bicyclic) bond motifs is 2. The second kappa shape index (κ2) is 7.66. The Morgan fingerprint density at radius 3 is 2.90 bits per heavy atom. The van der Waals surface area contributed by atoms with Crippen molar-refractivity contribution in [3.63, 3.8) is 0 Å². The van der Waals surface area contributed by atoms with Crippen LogP contribution in [0.2, 0.25) is 0 Å². The zero-order valence-electron chi connectivity index (χ0n) is 16.8. The number of nitrogens with one attached hydrogen (secondary N) is 1. The van der Waals surface area contributed by atoms with Gasteiger partial charge in [-0.15, -0.1) is 0 Å². The van der Waals surface area contributed by atoms with Crippen LogP contribution >= 0.6 is 0 Å². The lowest BCUT2D eigenvalue weighted by Gasteiger charge is -2.42. The van der Waals surface area contributed by atoms with Crippen molar-refractivity contribution in [3.05, 3.63) is 78.1 Å². The molecule has 2 aliphatic heterocycles. The third-order valence-corrected chi connectivity index (χ3v) is 5.71. The van der Waals surface area contributed by atoms with E-state index < -0.39 is 11.8 Å². The minimum atomic E-state index is -0.970. The lowest BCUT2D eigenvalue weighted by atomic mass is 9.82. The van der Waals surface area contributed by atoms with Gasteiger partial charge >= 0.3 is 0 Å². The number of hydrogen-bond donors (Lipinski definition) is 2. The summed E-state index contributed by atoms with van der Waals surface area (Å²) in [5.41, 5.74) is 2.69. The highest BCUT2D eigenvalue weighted by atomic mass is 16.7. The molecule has 1 fully saturated rings. The summed E-state index contributed by atoms with van der Waals surface area (Å²) in [7, 11) is 1.78. The van der Waals surface area contributed by atoms with Gasteiger partial charge in [0, 0.05) is 25.0 Å². The number of allylic oxidation sites excluding steroid dienone is 3. The number of hydrogen-bond acceptors (Lipinski definition) is 7. The molecular weight excluding hydrogens is 382 g/mol. The molecule has 5 rings (SSSR count). The van der Waals surface area contributed by atoms with Crippen molar-refractivity contribution < 1.29 is 19.5 Å². The number of aliphatic hydroxyl groups is 1. The first-order valence-corrected chi connectivity index (χ1v) is 10.2. The number of para-hydroxylation sites is 1. The number of aliphatic hydroxyl groups excluding tert-OH is 1. The first-order chi connectivity index (χ1) is 14.6. The molecule has 0 bridgehead atoms. The molecule has 1 aromatic carbocycles. The van der Waals surface area contributed by atoms with Gasteiger partial charge in [0.25, 0.3) is 5.96 Å². The normalized spacial score (nSPS) is 32.1. The van der Waals surface area contributed by atoms with Crippen LogP contribution in [0.25, 0.3) is 0 Å². The summed E-state index contributed by atoms with van der Waals surface area (Å²) in [4.78, 5) is 16.8. The fourth-order valence-electron chi connectivity index (χ4n) is 4.22. The molecule has 2 N–H and O–H groups in total. The van der Waals surface area contributed by atoms with Gasteiger partial charge in [-0.2, -0.15) is 5.48 Å². The van der Waals surface area contributed by atoms with E-state index in [-0.39, 0.29) is 12.0 Å². The van der Waals surface area contributed by atoms with Gasteiger partial charge in [0.2, 0.25) is 5.72 Å². The van der Waals surface area contributed by atoms with Gasteiger partial charge in [0.05, 0.1) is 6.10 Å². The fourth-order valence-corrected chi connectivity index (χ4v) is 4.22. The van der Waals surface area contributed by atoms with Gasteiger partial charge in [-0.3, -0.25) is 0 Å². The summed E-state index contributed by atoms with van der Waals surface area (Å²) in [5.74, 6) is 2.11. The molecule has 2 heterocycles. The average molecular weight is 407 g/mol. The van der Waals surface area contributed by atoms with Gasteiger partial charge in [-0.05, 0) is 37.1 Å². The van der Waals surface area contributed by atoms with E-state index in [1.54, 1.807) is 18.2 Å². The van der Waals surface area contributed by atoms with Crippen LogP contribution in [0.5, 0.6) is 5.75 Å². The summed E-state index contributed by atoms with van der Waals surface area (Å²) in [6, 6.07) is 9.43. The molecular formula is C23H25N3O4. The maximum atomic E-state index is 10.2. The molecule has 0 amide bonds. The highest BCUT2D eigenvalue weighted by molar-refractivity contribution is 5.80. The molecule has 1 aromatic rings. The van der Waals surface area contributed by atoms with Gasteiger partial charge in [0.15, 0.2) is 5.75 Å². The number of ether oxygens (including phenoxy) is 1. The van der Waals surface area contributed by atoms with E-state index in [0.717, 1.165) is 17.8 Å². The second-order valence-corrected chi connectivity index (χ2v) is 7.85. The van der Waals surface area contributed by atoms with Crippen LogP contribution in [0, 0.1) is 5.92 Å². The van der Waals surface area contributed by atoms with Crippen molar-refractivity contribution in [2.75, 3.05) is 7.05 Å². The van der Waals surface area contributed by atoms with Gasteiger partial charge in [-0.1, -0.05) is 42.5 Å². The minimum absolute atomic E-state index is 0.0867. The molecule has 0 aromatic heterocycles. The van der Waals surface area contributed by atoms with E-state index in [2.05, 4.69) is 29.8 Å². The van der Waals surface area contributed by atoms with Crippen molar-refractivity contribution in [2.24, 2.45) is 10.9 Å². The van der Waals surface area contributed by atoms with Crippen molar-refractivity contribution in [1.82, 2.24) is 10.5 Å². The molecule has 1 saturated heterocycles. The summed E-state index contributed by atoms with van der Waals surface area (Å²) in [5, 5.41) is 11.8. The Kier molecular flexibility index (Phi) is 4.84. The maximum Gasteiger partial charge on any atom is 0.255 e. The lowest BCUT2D eigenvalue weighted by molar-refractivity contribution is -0.179. The van der Waals surface area contributed by atoms with Crippen LogP contribution in [-0.2, 0) is 9.57 Å². The molecule has 1 spiro atoms. The highest BCUT2D eigenvalue weighted by Gasteiger charge is 2.52. The smallest absolute Gasteiger partial charge is 0.255 e. The van der Waals surface area contributed by atoms with E-state index in [4.69, 9.17) is 19.4 Å². The predicted molar refractivity (Wildman–Crippen MR) is 112 cm³/mol. The van der Waals surface area contributed by atoms with Gasteiger partial charge in [0.1, 0.15) is 11.9 Å². The van der Waals surface area contributed by atoms with E-state index in [9.17, 15) is 5.11 Å². The highest BCUT2D eigenvalue weighted by Crippen LogP contribution is 2.47. The third kappa shape index (κ3) is 3.51. The molecule has 4 atom stereocenters. The predicted octanol–water partition coefficient (Wildman–Crippen LogP) is 3.00. The van der Waals surface area contributed by atoms with Crippen LogP contribution < -0.4 is 10.3 Å². The van der Waals surface area contributed by atoms with E-state index in [0.29, 0.717) is 24.6 Å². The van der Waals surface area contributed by atoms with Crippen LogP contribution in [0.3, 0.4) is 0 Å². The molecule has 4 aliphatic rings. The van der Waals surface area contributed by atoms with Crippen molar-refractivity contribution in [1.29, 1.82) is 0 Å². The van der Waals surface area contributed by atoms with Crippen molar-refractivity contribution in [2.45, 2.75) is 37.2 Å². The zero-order chi connectivity index (χ0) is 20.6. The molecule has 7 heteroatoms. The number of rotatable bonds is 3. The maximum absolute atomic E-state index is 10.2. The minimum Gasteiger partial charge on any atom is -0.489 e. The summed E-state index contributed by atoms with van der Waals surface area (Å²) >= 11 is 0.